The molecule has 0 aliphatic heterocycles. The number of aromatic nitrogens is 3. The lowest BCUT2D eigenvalue weighted by molar-refractivity contribution is 0.432. The zero-order valence-electron chi connectivity index (χ0n) is 12.3. The summed E-state index contributed by atoms with van der Waals surface area (Å²) >= 11 is 0. The van der Waals surface area contributed by atoms with Crippen molar-refractivity contribution in [1.29, 1.82) is 0 Å². The molecule has 0 saturated heterocycles. The Morgan fingerprint density at radius 2 is 1.83 bits per heavy atom. The first-order valence-electron chi connectivity index (χ1n) is 7.17. The molecular formula is C18H12FN3O. The smallest absolute Gasteiger partial charge is 0.258 e. The van der Waals surface area contributed by atoms with Crippen molar-refractivity contribution < 1.29 is 8.91 Å². The molecule has 0 fully saturated rings. The summed E-state index contributed by atoms with van der Waals surface area (Å²) in [7, 11) is 0. The minimum Gasteiger partial charge on any atom is -0.334 e. The van der Waals surface area contributed by atoms with Crippen LogP contribution in [-0.4, -0.2) is 15.1 Å². The fourth-order valence-corrected chi connectivity index (χ4v) is 2.56. The fraction of sp³-hybridized carbons (Fsp3) is 0.0556. The molecule has 0 N–H and O–H groups in total. The van der Waals surface area contributed by atoms with E-state index in [0.29, 0.717) is 11.4 Å². The third-order valence-electron chi connectivity index (χ3n) is 3.58. The number of pyridine rings is 1. The van der Waals surface area contributed by atoms with Crippen LogP contribution in [0.15, 0.2) is 59.1 Å². The van der Waals surface area contributed by atoms with E-state index in [9.17, 15) is 4.39 Å². The molecule has 112 valence electrons. The van der Waals surface area contributed by atoms with Crippen LogP contribution >= 0.6 is 0 Å². The van der Waals surface area contributed by atoms with Crippen LogP contribution in [0.4, 0.5) is 4.39 Å². The molecule has 2 aromatic carbocycles. The van der Waals surface area contributed by atoms with E-state index in [1.165, 1.54) is 12.1 Å². The molecule has 0 unspecified atom stereocenters. The van der Waals surface area contributed by atoms with Crippen molar-refractivity contribution in [3.05, 3.63) is 66.1 Å². The first kappa shape index (κ1) is 13.6. The van der Waals surface area contributed by atoms with E-state index in [2.05, 4.69) is 15.1 Å². The monoisotopic (exact) mass is 305 g/mol. The topological polar surface area (TPSA) is 51.8 Å². The molecule has 5 heteroatoms. The van der Waals surface area contributed by atoms with Gasteiger partial charge in [-0.1, -0.05) is 29.4 Å². The fourth-order valence-electron chi connectivity index (χ4n) is 2.56. The van der Waals surface area contributed by atoms with Crippen molar-refractivity contribution in [2.75, 3.05) is 0 Å². The average molecular weight is 305 g/mol. The molecule has 0 saturated carbocycles. The first-order valence-corrected chi connectivity index (χ1v) is 7.17. The highest BCUT2D eigenvalue weighted by molar-refractivity contribution is 5.92. The van der Waals surface area contributed by atoms with E-state index in [-0.39, 0.29) is 11.7 Å². The number of fused-ring (bicyclic) bond motifs is 1. The van der Waals surface area contributed by atoms with E-state index >= 15 is 0 Å². The molecule has 0 spiro atoms. The molecule has 0 bridgehead atoms. The second kappa shape index (κ2) is 5.28. The highest BCUT2D eigenvalue weighted by Gasteiger charge is 2.14. The molecule has 23 heavy (non-hydrogen) atoms. The molecule has 0 atom stereocenters. The van der Waals surface area contributed by atoms with Crippen molar-refractivity contribution in [3.63, 3.8) is 0 Å². The number of hydrogen-bond donors (Lipinski definition) is 0. The lowest BCUT2D eigenvalue weighted by atomic mass is 10.1. The Hall–Kier alpha value is -3.08. The first-order chi connectivity index (χ1) is 11.2. The van der Waals surface area contributed by atoms with Gasteiger partial charge in [-0.05, 0) is 37.3 Å². The maximum atomic E-state index is 13.3. The predicted octanol–water partition coefficient (Wildman–Crippen LogP) is 4.40. The van der Waals surface area contributed by atoms with Gasteiger partial charge < -0.3 is 4.52 Å². The minimum atomic E-state index is -0.340. The van der Waals surface area contributed by atoms with Crippen LogP contribution in [0.25, 0.3) is 33.7 Å². The molecule has 2 heterocycles. The normalized spacial score (nSPS) is 11.0. The summed E-state index contributed by atoms with van der Waals surface area (Å²) in [5.74, 6) is 0.413. The largest absolute Gasteiger partial charge is 0.334 e. The van der Waals surface area contributed by atoms with Gasteiger partial charge in [-0.15, -0.1) is 0 Å². The Labute approximate surface area is 131 Å². The lowest BCUT2D eigenvalue weighted by Crippen LogP contribution is -1.89. The highest BCUT2D eigenvalue weighted by atomic mass is 19.1. The van der Waals surface area contributed by atoms with Gasteiger partial charge in [0.2, 0.25) is 5.82 Å². The maximum absolute atomic E-state index is 13.3. The molecule has 4 rings (SSSR count). The van der Waals surface area contributed by atoms with Crippen molar-refractivity contribution in [2.45, 2.75) is 6.92 Å². The van der Waals surface area contributed by atoms with Gasteiger partial charge in [0.15, 0.2) is 0 Å². The van der Waals surface area contributed by atoms with E-state index < -0.39 is 0 Å². The summed E-state index contributed by atoms with van der Waals surface area (Å²) in [5, 5.41) is 5.00. The Kier molecular flexibility index (Phi) is 3.12. The Bertz CT molecular complexity index is 1010. The third-order valence-corrected chi connectivity index (χ3v) is 3.58. The molecule has 0 radical (unpaired) electrons. The zero-order valence-corrected chi connectivity index (χ0v) is 12.3. The van der Waals surface area contributed by atoms with Gasteiger partial charge in [0.25, 0.3) is 5.89 Å². The van der Waals surface area contributed by atoms with Crippen LogP contribution in [0.2, 0.25) is 0 Å². The lowest BCUT2D eigenvalue weighted by Gasteiger charge is -2.03. The third kappa shape index (κ3) is 2.46. The summed E-state index contributed by atoms with van der Waals surface area (Å²) in [4.78, 5) is 8.91. The maximum Gasteiger partial charge on any atom is 0.258 e. The van der Waals surface area contributed by atoms with Crippen molar-refractivity contribution in [1.82, 2.24) is 15.1 Å². The van der Waals surface area contributed by atoms with Gasteiger partial charge in [-0.25, -0.2) is 4.39 Å². The molecule has 4 aromatic rings. The van der Waals surface area contributed by atoms with Crippen LogP contribution in [0, 0.1) is 12.7 Å². The number of halogens is 1. The van der Waals surface area contributed by atoms with E-state index in [0.717, 1.165) is 22.2 Å². The summed E-state index contributed by atoms with van der Waals surface area (Å²) in [6.45, 7) is 1.92. The van der Waals surface area contributed by atoms with Crippen molar-refractivity contribution in [2.24, 2.45) is 0 Å². The summed E-state index contributed by atoms with van der Waals surface area (Å²) in [6.07, 6.45) is 0. The molecule has 0 aliphatic rings. The summed E-state index contributed by atoms with van der Waals surface area (Å²) in [5.41, 5.74) is 3.15. The summed E-state index contributed by atoms with van der Waals surface area (Å²) < 4.78 is 18.6. The number of nitrogens with zero attached hydrogens (tertiary/aromatic N) is 3. The van der Waals surface area contributed by atoms with Crippen LogP contribution in [0.1, 0.15) is 5.69 Å². The number of hydrogen-bond acceptors (Lipinski definition) is 4. The van der Waals surface area contributed by atoms with E-state index in [1.54, 1.807) is 12.1 Å². The summed E-state index contributed by atoms with van der Waals surface area (Å²) in [6, 6.07) is 15.8. The van der Waals surface area contributed by atoms with Gasteiger partial charge in [0, 0.05) is 22.2 Å². The predicted molar refractivity (Wildman–Crippen MR) is 85.2 cm³/mol. The van der Waals surface area contributed by atoms with Crippen LogP contribution in [0.3, 0.4) is 0 Å². The Morgan fingerprint density at radius 1 is 0.957 bits per heavy atom. The number of rotatable bonds is 2. The Balaban J connectivity index is 1.87. The second-order valence-corrected chi connectivity index (χ2v) is 5.26. The highest BCUT2D eigenvalue weighted by Crippen LogP contribution is 2.28. The molecule has 0 amide bonds. The van der Waals surface area contributed by atoms with Crippen molar-refractivity contribution >= 4 is 10.9 Å². The Morgan fingerprint density at radius 3 is 2.70 bits per heavy atom. The van der Waals surface area contributed by atoms with Crippen LogP contribution in [0.5, 0.6) is 0 Å². The quantitative estimate of drug-likeness (QED) is 0.551. The number of aryl methyl sites for hydroxylation is 1. The van der Waals surface area contributed by atoms with E-state index in [1.807, 2.05) is 37.3 Å². The SMILES string of the molecule is Cc1cc(-c2noc(-c3cccc(F)c3)n2)c2ccccc2n1. The van der Waals surface area contributed by atoms with Crippen molar-refractivity contribution in [3.8, 4) is 22.8 Å². The van der Waals surface area contributed by atoms with Gasteiger partial charge in [-0.3, -0.25) is 4.98 Å². The molecule has 0 aliphatic carbocycles. The van der Waals surface area contributed by atoms with Gasteiger partial charge in [0.05, 0.1) is 5.52 Å². The number of benzene rings is 2. The van der Waals surface area contributed by atoms with Gasteiger partial charge >= 0.3 is 0 Å². The van der Waals surface area contributed by atoms with E-state index in [4.69, 9.17) is 4.52 Å². The molecular weight excluding hydrogens is 293 g/mol. The molecule has 2 aromatic heterocycles. The molecule has 4 nitrogen and oxygen atoms in total. The second-order valence-electron chi connectivity index (χ2n) is 5.26. The van der Waals surface area contributed by atoms with Gasteiger partial charge in [0.1, 0.15) is 5.82 Å². The standard InChI is InChI=1S/C18H12FN3O/c1-11-9-15(14-7-2-3-8-16(14)20-11)17-21-18(23-22-17)12-5-4-6-13(19)10-12/h2-10H,1H3. The number of para-hydroxylation sites is 1. The van der Waals surface area contributed by atoms with Crippen LogP contribution < -0.4 is 0 Å². The zero-order chi connectivity index (χ0) is 15.8. The van der Waals surface area contributed by atoms with Gasteiger partial charge in [-0.2, -0.15) is 4.98 Å². The minimum absolute atomic E-state index is 0.290. The van der Waals surface area contributed by atoms with Crippen LogP contribution in [-0.2, 0) is 0 Å². The average Bonchev–Trinajstić information content (AvgIpc) is 3.04.